The van der Waals surface area contributed by atoms with Crippen LogP contribution in [0.5, 0.6) is 0 Å². The maximum atomic E-state index is 11.0. The van der Waals surface area contributed by atoms with E-state index in [1.54, 1.807) is 6.92 Å². The van der Waals surface area contributed by atoms with Gasteiger partial charge < -0.3 is 30.3 Å². The van der Waals surface area contributed by atoms with Crippen molar-refractivity contribution < 1.29 is 36.4 Å². The van der Waals surface area contributed by atoms with E-state index in [1.807, 2.05) is 0 Å². The lowest BCUT2D eigenvalue weighted by Crippen LogP contribution is -2.47. The number of carbonyl (C=O) groups excluding carboxylic acids is 1. The van der Waals surface area contributed by atoms with Gasteiger partial charge in [0, 0.05) is 6.42 Å². The summed E-state index contributed by atoms with van der Waals surface area (Å²) in [5.74, 6) is -0.479. The minimum atomic E-state index is -1.75. The van der Waals surface area contributed by atoms with Gasteiger partial charge in [0.15, 0.2) is 5.78 Å². The Morgan fingerprint density at radius 2 is 1.76 bits per heavy atom. The summed E-state index contributed by atoms with van der Waals surface area (Å²) in [4.78, 5) is 11.0. The van der Waals surface area contributed by atoms with Crippen LogP contribution >= 0.6 is 0 Å². The van der Waals surface area contributed by atoms with Crippen molar-refractivity contribution in [2.24, 2.45) is 0 Å². The average Bonchev–Trinajstić information content (AvgIpc) is 2.40. The van der Waals surface area contributed by atoms with E-state index in [0.717, 1.165) is 0 Å². The molecular weight excluding hydrogens is 232 g/mol. The van der Waals surface area contributed by atoms with E-state index in [4.69, 9.17) is 16.3 Å². The second-order valence-electron chi connectivity index (χ2n) is 3.57. The first-order chi connectivity index (χ1) is 8.34. The summed E-state index contributed by atoms with van der Waals surface area (Å²) in [6.07, 6.45) is -6.58. The van der Waals surface area contributed by atoms with Crippen molar-refractivity contribution in [3.63, 3.8) is 0 Å². The largest absolute Gasteiger partial charge is 0.394 e. The molecule has 0 saturated heterocycles. The van der Waals surface area contributed by atoms with Crippen LogP contribution in [0.1, 0.15) is 14.7 Å². The number of hydrogen-bond donors (Lipinski definition) is 5. The maximum Gasteiger partial charge on any atom is 0.158 e. The third-order valence-electron chi connectivity index (χ3n) is 2.16. The van der Waals surface area contributed by atoms with Crippen LogP contribution in [0.2, 0.25) is 0 Å². The van der Waals surface area contributed by atoms with E-state index in [9.17, 15) is 20.1 Å². The summed E-state index contributed by atoms with van der Waals surface area (Å²) in [5.41, 5.74) is 0. The van der Waals surface area contributed by atoms with Crippen LogP contribution in [0.15, 0.2) is 0 Å². The fourth-order valence-electron chi connectivity index (χ4n) is 0.985. The standard InChI is InChI=1S/C10H20O7/c1-2-6(12)4-17-5-8(14)10(16)9(15)7(13)3-11/h7-11,13-16H,2-5H2,1H3/t7-,8+,9+,10+/m0/s1/i4D/t4?,7-,8+,9+,10+. The molecule has 7 nitrogen and oxygen atoms in total. The molecule has 0 amide bonds. The monoisotopic (exact) mass is 253 g/mol. The molecule has 0 heterocycles. The summed E-state index contributed by atoms with van der Waals surface area (Å²) in [5, 5.41) is 45.7. The summed E-state index contributed by atoms with van der Waals surface area (Å²) in [6.45, 7) is -1.23. The molecule has 0 aromatic carbocycles. The number of ketones is 1. The van der Waals surface area contributed by atoms with Gasteiger partial charge >= 0.3 is 0 Å². The summed E-state index contributed by atoms with van der Waals surface area (Å²) < 4.78 is 11.9. The topological polar surface area (TPSA) is 127 Å². The Balaban J connectivity index is 4.16. The smallest absolute Gasteiger partial charge is 0.158 e. The Hall–Kier alpha value is -0.570. The zero-order valence-electron chi connectivity index (χ0n) is 10.6. The van der Waals surface area contributed by atoms with Gasteiger partial charge in [-0.2, -0.15) is 0 Å². The molecule has 5 atom stereocenters. The molecule has 0 fully saturated rings. The molecule has 0 radical (unpaired) electrons. The molecule has 5 N–H and O–H groups in total. The zero-order chi connectivity index (χ0) is 14.3. The van der Waals surface area contributed by atoms with E-state index >= 15 is 0 Å². The molecule has 0 aromatic rings. The Kier molecular flexibility index (Phi) is 7.25. The molecule has 102 valence electrons. The van der Waals surface area contributed by atoms with Crippen LogP contribution < -0.4 is 0 Å². The Morgan fingerprint density at radius 3 is 2.24 bits per heavy atom. The van der Waals surface area contributed by atoms with Gasteiger partial charge in [-0.1, -0.05) is 6.92 Å². The Bertz CT molecular complexity index is 250. The van der Waals surface area contributed by atoms with Crippen molar-refractivity contribution in [3.8, 4) is 0 Å². The molecule has 0 spiro atoms. The van der Waals surface area contributed by atoms with Crippen LogP contribution in [-0.2, 0) is 9.53 Å². The Morgan fingerprint density at radius 1 is 1.24 bits per heavy atom. The van der Waals surface area contributed by atoms with E-state index < -0.39 is 50.0 Å². The van der Waals surface area contributed by atoms with Gasteiger partial charge in [0.1, 0.15) is 31.0 Å². The summed E-state index contributed by atoms with van der Waals surface area (Å²) in [6, 6.07) is 0. The molecule has 0 aromatic heterocycles. The van der Waals surface area contributed by atoms with Crippen molar-refractivity contribution >= 4 is 5.78 Å². The SMILES string of the molecule is [2H]C(OC[C@@H](O)[C@@H](O)[C@H](O)[C@@H](O)CO)C(=O)CC. The van der Waals surface area contributed by atoms with Crippen molar-refractivity contribution in [1.29, 1.82) is 0 Å². The molecule has 0 aliphatic rings. The third kappa shape index (κ3) is 6.06. The zero-order valence-corrected chi connectivity index (χ0v) is 9.56. The normalized spacial score (nSPS) is 21.2. The molecule has 0 saturated carbocycles. The van der Waals surface area contributed by atoms with Crippen LogP contribution in [0.4, 0.5) is 0 Å². The van der Waals surface area contributed by atoms with E-state index in [2.05, 4.69) is 0 Å². The molecular formula is C10H20O7. The van der Waals surface area contributed by atoms with Gasteiger partial charge in [-0.3, -0.25) is 4.79 Å². The number of Topliss-reactive ketones (excluding diaryl/α,β-unsaturated/α-hetero) is 1. The van der Waals surface area contributed by atoms with Gasteiger partial charge in [-0.05, 0) is 0 Å². The van der Waals surface area contributed by atoms with E-state index in [-0.39, 0.29) is 6.42 Å². The number of aliphatic hydroxyl groups excluding tert-OH is 5. The number of ether oxygens (including phenoxy) is 1. The maximum absolute atomic E-state index is 11.0. The fraction of sp³-hybridized carbons (Fsp3) is 0.900. The van der Waals surface area contributed by atoms with Crippen LogP contribution in [-0.4, -0.2) is 75.5 Å². The predicted octanol–water partition coefficient (Wildman–Crippen LogP) is -2.58. The first-order valence-corrected chi connectivity index (χ1v) is 5.24. The summed E-state index contributed by atoms with van der Waals surface area (Å²) in [7, 11) is 0. The quantitative estimate of drug-likeness (QED) is 0.305. The van der Waals surface area contributed by atoms with Gasteiger partial charge in [-0.25, -0.2) is 0 Å². The van der Waals surface area contributed by atoms with Crippen LogP contribution in [0, 0.1) is 0 Å². The minimum absolute atomic E-state index is 0.110. The van der Waals surface area contributed by atoms with E-state index in [1.165, 1.54) is 0 Å². The highest BCUT2D eigenvalue weighted by Gasteiger charge is 2.30. The van der Waals surface area contributed by atoms with Crippen molar-refractivity contribution in [1.82, 2.24) is 0 Å². The molecule has 0 aliphatic carbocycles. The number of hydrogen-bond acceptors (Lipinski definition) is 7. The predicted molar refractivity (Wildman–Crippen MR) is 57.2 cm³/mol. The lowest BCUT2D eigenvalue weighted by Gasteiger charge is -2.25. The number of rotatable bonds is 9. The van der Waals surface area contributed by atoms with Crippen LogP contribution in [0.25, 0.3) is 0 Å². The molecule has 17 heavy (non-hydrogen) atoms. The van der Waals surface area contributed by atoms with Crippen LogP contribution in [0.3, 0.4) is 0 Å². The number of carbonyl (C=O) groups is 1. The minimum Gasteiger partial charge on any atom is -0.394 e. The summed E-state index contributed by atoms with van der Waals surface area (Å²) >= 11 is 0. The highest BCUT2D eigenvalue weighted by atomic mass is 16.5. The molecule has 7 heteroatoms. The first kappa shape index (κ1) is 14.5. The van der Waals surface area contributed by atoms with Gasteiger partial charge in [0.05, 0.1) is 14.6 Å². The average molecular weight is 253 g/mol. The lowest BCUT2D eigenvalue weighted by atomic mass is 10.0. The Labute approximate surface area is 101 Å². The molecule has 0 rings (SSSR count). The number of aliphatic hydroxyl groups is 5. The fourth-order valence-corrected chi connectivity index (χ4v) is 0.985. The van der Waals surface area contributed by atoms with Crippen molar-refractivity contribution in [3.05, 3.63) is 0 Å². The highest BCUT2D eigenvalue weighted by molar-refractivity contribution is 5.79. The third-order valence-corrected chi connectivity index (χ3v) is 2.16. The van der Waals surface area contributed by atoms with Gasteiger partial charge in [0.25, 0.3) is 0 Å². The van der Waals surface area contributed by atoms with Crippen molar-refractivity contribution in [2.75, 3.05) is 19.8 Å². The second kappa shape index (κ2) is 8.51. The van der Waals surface area contributed by atoms with Gasteiger partial charge in [0.2, 0.25) is 0 Å². The molecule has 0 aliphatic heterocycles. The second-order valence-corrected chi connectivity index (χ2v) is 3.57. The van der Waals surface area contributed by atoms with Gasteiger partial charge in [-0.15, -0.1) is 0 Å². The molecule has 1 unspecified atom stereocenters. The van der Waals surface area contributed by atoms with Crippen molar-refractivity contribution in [2.45, 2.75) is 37.8 Å². The first-order valence-electron chi connectivity index (χ1n) is 5.82. The molecule has 0 bridgehead atoms. The highest BCUT2D eigenvalue weighted by Crippen LogP contribution is 2.05. The van der Waals surface area contributed by atoms with E-state index in [0.29, 0.717) is 0 Å². The lowest BCUT2D eigenvalue weighted by molar-refractivity contribution is -0.136.